The second-order valence-electron chi connectivity index (χ2n) is 9.08. The molecule has 0 heterocycles. The highest BCUT2D eigenvalue weighted by atomic mass is 32.2. The standard InChI is InChI=1S/C26H52O3S/c1-2-3-4-5-6-7-8-9-10-11-12-13-14-15-16-17-18-19-20-21-22-23-24-25-26-30(27,28)29/h24-25H,2-23,26H2,1H3,(H,27,28,29). The van der Waals surface area contributed by atoms with Crippen molar-refractivity contribution < 1.29 is 13.0 Å². The summed E-state index contributed by atoms with van der Waals surface area (Å²) in [4.78, 5) is 0. The molecule has 3 nitrogen and oxygen atoms in total. The molecule has 1 N–H and O–H groups in total. The molecule has 0 amide bonds. The number of rotatable bonds is 24. The SMILES string of the molecule is CCCCCCCCCCCCCCCCCCCCCCCC=CCS(=O)(=O)O. The van der Waals surface area contributed by atoms with Crippen LogP contribution in [0, 0.1) is 0 Å². The van der Waals surface area contributed by atoms with Gasteiger partial charge in [0.2, 0.25) is 0 Å². The van der Waals surface area contributed by atoms with Gasteiger partial charge in [-0.15, -0.1) is 0 Å². The summed E-state index contributed by atoms with van der Waals surface area (Å²) >= 11 is 0. The summed E-state index contributed by atoms with van der Waals surface area (Å²) in [6.45, 7) is 2.29. The predicted molar refractivity (Wildman–Crippen MR) is 133 cm³/mol. The van der Waals surface area contributed by atoms with Crippen molar-refractivity contribution in [3.05, 3.63) is 12.2 Å². The maximum absolute atomic E-state index is 10.6. The minimum atomic E-state index is -3.84. The Labute approximate surface area is 189 Å². The van der Waals surface area contributed by atoms with E-state index in [2.05, 4.69) is 6.92 Å². The van der Waals surface area contributed by atoms with Gasteiger partial charge in [0.25, 0.3) is 10.1 Å². The molecule has 0 rings (SSSR count). The molecule has 0 fully saturated rings. The Kier molecular flexibility index (Phi) is 23.0. The highest BCUT2D eigenvalue weighted by Crippen LogP contribution is 2.15. The number of hydrogen-bond acceptors (Lipinski definition) is 2. The molecule has 0 aliphatic heterocycles. The number of allylic oxidation sites excluding steroid dienone is 1. The lowest BCUT2D eigenvalue weighted by Gasteiger charge is -2.04. The Morgan fingerprint density at radius 3 is 1.10 bits per heavy atom. The van der Waals surface area contributed by atoms with E-state index in [-0.39, 0.29) is 5.75 Å². The number of hydrogen-bond donors (Lipinski definition) is 1. The van der Waals surface area contributed by atoms with E-state index >= 15 is 0 Å². The summed E-state index contributed by atoms with van der Waals surface area (Å²) in [5.74, 6) is -0.258. The van der Waals surface area contributed by atoms with Crippen LogP contribution in [0.2, 0.25) is 0 Å². The molecule has 180 valence electrons. The third kappa shape index (κ3) is 27.6. The van der Waals surface area contributed by atoms with E-state index in [0.717, 1.165) is 12.8 Å². The quantitative estimate of drug-likeness (QED) is 0.0917. The van der Waals surface area contributed by atoms with Crippen LogP contribution in [0.1, 0.15) is 148 Å². The molecule has 0 aromatic carbocycles. The largest absolute Gasteiger partial charge is 0.285 e. The van der Waals surface area contributed by atoms with Crippen LogP contribution >= 0.6 is 0 Å². The summed E-state index contributed by atoms with van der Waals surface area (Å²) in [7, 11) is -3.84. The third-order valence-electron chi connectivity index (χ3n) is 5.95. The van der Waals surface area contributed by atoms with E-state index in [4.69, 9.17) is 4.55 Å². The van der Waals surface area contributed by atoms with Crippen LogP contribution in [0.3, 0.4) is 0 Å². The average Bonchev–Trinajstić information content (AvgIpc) is 2.70. The summed E-state index contributed by atoms with van der Waals surface area (Å²) < 4.78 is 29.7. The molecular formula is C26H52O3S. The van der Waals surface area contributed by atoms with Crippen LogP contribution in [0.25, 0.3) is 0 Å². The van der Waals surface area contributed by atoms with Gasteiger partial charge in [-0.2, -0.15) is 8.42 Å². The van der Waals surface area contributed by atoms with E-state index in [1.807, 2.05) is 6.08 Å². The molecule has 0 saturated carbocycles. The molecule has 0 spiro atoms. The van der Waals surface area contributed by atoms with Crippen molar-refractivity contribution in [2.45, 2.75) is 148 Å². The monoisotopic (exact) mass is 444 g/mol. The van der Waals surface area contributed by atoms with Gasteiger partial charge >= 0.3 is 0 Å². The summed E-state index contributed by atoms with van der Waals surface area (Å²) in [5.41, 5.74) is 0. The smallest absolute Gasteiger partial charge is 0.268 e. The zero-order chi connectivity index (χ0) is 22.2. The van der Waals surface area contributed by atoms with Gasteiger partial charge in [-0.05, 0) is 12.8 Å². The molecule has 0 unspecified atom stereocenters. The van der Waals surface area contributed by atoms with E-state index in [1.54, 1.807) is 6.08 Å². The lowest BCUT2D eigenvalue weighted by atomic mass is 10.0. The van der Waals surface area contributed by atoms with Gasteiger partial charge in [-0.1, -0.05) is 147 Å². The van der Waals surface area contributed by atoms with Crippen LogP contribution in [0.4, 0.5) is 0 Å². The molecule has 30 heavy (non-hydrogen) atoms. The maximum Gasteiger partial charge on any atom is 0.268 e. The first-order chi connectivity index (χ1) is 14.6. The van der Waals surface area contributed by atoms with Gasteiger partial charge in [0.05, 0.1) is 5.75 Å². The summed E-state index contributed by atoms with van der Waals surface area (Å²) in [6.07, 6.45) is 33.5. The second kappa shape index (κ2) is 23.3. The second-order valence-corrected chi connectivity index (χ2v) is 10.6. The van der Waals surface area contributed by atoms with Gasteiger partial charge in [0.15, 0.2) is 0 Å². The van der Waals surface area contributed by atoms with Gasteiger partial charge in [0, 0.05) is 0 Å². The van der Waals surface area contributed by atoms with Crippen LogP contribution in [-0.2, 0) is 10.1 Å². The van der Waals surface area contributed by atoms with Crippen LogP contribution in [0.5, 0.6) is 0 Å². The van der Waals surface area contributed by atoms with Crippen molar-refractivity contribution in [1.82, 2.24) is 0 Å². The van der Waals surface area contributed by atoms with Crippen molar-refractivity contribution in [3.63, 3.8) is 0 Å². The molecule has 4 heteroatoms. The van der Waals surface area contributed by atoms with Gasteiger partial charge in [0.1, 0.15) is 0 Å². The fourth-order valence-corrected chi connectivity index (χ4v) is 4.38. The lowest BCUT2D eigenvalue weighted by molar-refractivity contribution is 0.486. The highest BCUT2D eigenvalue weighted by molar-refractivity contribution is 7.85. The van der Waals surface area contributed by atoms with Crippen molar-refractivity contribution >= 4 is 10.1 Å². The van der Waals surface area contributed by atoms with E-state index in [0.29, 0.717) is 0 Å². The fraction of sp³-hybridized carbons (Fsp3) is 0.923. The molecule has 0 saturated heterocycles. The Bertz CT molecular complexity index is 457. The maximum atomic E-state index is 10.6. The van der Waals surface area contributed by atoms with Crippen LogP contribution in [-0.4, -0.2) is 18.7 Å². The zero-order valence-electron chi connectivity index (χ0n) is 20.1. The molecule has 0 atom stereocenters. The summed E-state index contributed by atoms with van der Waals surface area (Å²) in [5, 5.41) is 0. The Balaban J connectivity index is 3.08. The molecule has 0 radical (unpaired) electrons. The molecule has 0 aromatic heterocycles. The topological polar surface area (TPSA) is 54.4 Å². The average molecular weight is 445 g/mol. The van der Waals surface area contributed by atoms with Gasteiger partial charge in [-0.3, -0.25) is 4.55 Å². The fourth-order valence-electron chi connectivity index (χ4n) is 4.00. The minimum absolute atomic E-state index is 0.258. The minimum Gasteiger partial charge on any atom is -0.285 e. The van der Waals surface area contributed by atoms with Gasteiger partial charge in [-0.25, -0.2) is 0 Å². The van der Waals surface area contributed by atoms with Crippen molar-refractivity contribution in [2.24, 2.45) is 0 Å². The molecule has 0 aromatic rings. The van der Waals surface area contributed by atoms with Crippen LogP contribution < -0.4 is 0 Å². The Hall–Kier alpha value is -0.350. The van der Waals surface area contributed by atoms with E-state index in [9.17, 15) is 8.42 Å². The van der Waals surface area contributed by atoms with Gasteiger partial charge < -0.3 is 0 Å². The first-order valence-electron chi connectivity index (χ1n) is 13.2. The first kappa shape index (κ1) is 29.7. The summed E-state index contributed by atoms with van der Waals surface area (Å²) in [6, 6.07) is 0. The molecule has 0 aliphatic carbocycles. The Morgan fingerprint density at radius 2 is 0.800 bits per heavy atom. The first-order valence-corrected chi connectivity index (χ1v) is 14.8. The Morgan fingerprint density at radius 1 is 0.500 bits per heavy atom. The lowest BCUT2D eigenvalue weighted by Crippen LogP contribution is -1.99. The van der Waals surface area contributed by atoms with Crippen molar-refractivity contribution in [3.8, 4) is 0 Å². The molecule has 0 aliphatic rings. The van der Waals surface area contributed by atoms with E-state index in [1.165, 1.54) is 128 Å². The molecule has 0 bridgehead atoms. The zero-order valence-corrected chi connectivity index (χ0v) is 20.9. The highest BCUT2D eigenvalue weighted by Gasteiger charge is 1.98. The molecular weight excluding hydrogens is 392 g/mol. The third-order valence-corrected chi connectivity index (χ3v) is 6.56. The number of unbranched alkanes of at least 4 members (excludes halogenated alkanes) is 21. The van der Waals surface area contributed by atoms with Crippen molar-refractivity contribution in [1.29, 1.82) is 0 Å². The van der Waals surface area contributed by atoms with Crippen molar-refractivity contribution in [2.75, 3.05) is 5.75 Å². The van der Waals surface area contributed by atoms with Crippen LogP contribution in [0.15, 0.2) is 12.2 Å². The predicted octanol–water partition coefficient (Wildman–Crippen LogP) is 9.03. The van der Waals surface area contributed by atoms with E-state index < -0.39 is 10.1 Å². The normalized spacial score (nSPS) is 12.2.